The zero-order valence-corrected chi connectivity index (χ0v) is 16.2. The van der Waals surface area contributed by atoms with Gasteiger partial charge in [-0.15, -0.1) is 0 Å². The summed E-state index contributed by atoms with van der Waals surface area (Å²) in [7, 11) is -1.13. The van der Waals surface area contributed by atoms with Crippen molar-refractivity contribution in [2.45, 2.75) is 26.7 Å². The number of amides is 1. The predicted molar refractivity (Wildman–Crippen MR) is 101 cm³/mol. The van der Waals surface area contributed by atoms with Gasteiger partial charge in [0.15, 0.2) is 0 Å². The van der Waals surface area contributed by atoms with Crippen molar-refractivity contribution < 1.29 is 13.2 Å². The van der Waals surface area contributed by atoms with Crippen LogP contribution >= 0.6 is 0 Å². The lowest BCUT2D eigenvalue weighted by Gasteiger charge is -2.30. The molecule has 0 aliphatic carbocycles. The van der Waals surface area contributed by atoms with E-state index in [1.807, 2.05) is 7.05 Å². The molecule has 2 rings (SSSR count). The van der Waals surface area contributed by atoms with Crippen LogP contribution in [0, 0.1) is 12.8 Å². The number of benzene rings is 1. The van der Waals surface area contributed by atoms with Crippen LogP contribution in [0.5, 0.6) is 0 Å². The molecule has 0 aromatic heterocycles. The van der Waals surface area contributed by atoms with Gasteiger partial charge >= 0.3 is 0 Å². The van der Waals surface area contributed by atoms with Crippen LogP contribution in [-0.2, 0) is 14.8 Å². The third kappa shape index (κ3) is 5.44. The van der Waals surface area contributed by atoms with Crippen LogP contribution in [0.15, 0.2) is 24.3 Å². The van der Waals surface area contributed by atoms with Crippen molar-refractivity contribution in [3.63, 3.8) is 0 Å². The Bertz CT molecular complexity index is 665. The number of aryl methyl sites for hydroxylation is 1. The number of carbonyl (C=O) groups excluding carboxylic acids is 1. The molecular formula is C18H29N3O3S. The molecule has 0 saturated carbocycles. The number of likely N-dealkylation sites (N-methyl/N-ethyl adjacent to an activating group) is 1. The van der Waals surface area contributed by atoms with Crippen molar-refractivity contribution >= 4 is 21.6 Å². The van der Waals surface area contributed by atoms with Gasteiger partial charge in [-0.1, -0.05) is 17.7 Å². The number of nitrogens with one attached hydrogen (secondary N) is 1. The highest BCUT2D eigenvalue weighted by molar-refractivity contribution is 7.89. The molecule has 25 heavy (non-hydrogen) atoms. The van der Waals surface area contributed by atoms with Gasteiger partial charge in [-0.25, -0.2) is 12.7 Å². The highest BCUT2D eigenvalue weighted by Gasteiger charge is 2.29. The summed E-state index contributed by atoms with van der Waals surface area (Å²) in [6, 6.07) is 8.28. The molecule has 7 heteroatoms. The van der Waals surface area contributed by atoms with E-state index < -0.39 is 10.0 Å². The third-order valence-corrected chi connectivity index (χ3v) is 6.69. The van der Waals surface area contributed by atoms with Crippen molar-refractivity contribution in [1.29, 1.82) is 0 Å². The second-order valence-corrected chi connectivity index (χ2v) is 8.88. The minimum Gasteiger partial charge on any atom is -0.373 e. The first-order valence-electron chi connectivity index (χ1n) is 8.87. The number of carbonyl (C=O) groups is 1. The number of anilines is 1. The Morgan fingerprint density at radius 1 is 1.24 bits per heavy atom. The van der Waals surface area contributed by atoms with E-state index in [4.69, 9.17) is 0 Å². The van der Waals surface area contributed by atoms with Crippen molar-refractivity contribution in [1.82, 2.24) is 9.62 Å². The number of hydrogen-bond acceptors (Lipinski definition) is 4. The minimum absolute atomic E-state index is 0.0332. The van der Waals surface area contributed by atoms with E-state index in [-0.39, 0.29) is 17.6 Å². The van der Waals surface area contributed by atoms with Crippen LogP contribution < -0.4 is 10.2 Å². The highest BCUT2D eigenvalue weighted by atomic mass is 32.2. The summed E-state index contributed by atoms with van der Waals surface area (Å²) in [5.41, 5.74) is 2.35. The minimum atomic E-state index is -3.14. The SMILES string of the molecule is CCS(=O)(=O)N1CCC(C(=O)NCCN(C)c2ccc(C)cc2)CC1. The first-order valence-corrected chi connectivity index (χ1v) is 10.5. The molecular weight excluding hydrogens is 338 g/mol. The lowest BCUT2D eigenvalue weighted by molar-refractivity contribution is -0.126. The normalized spacial score (nSPS) is 16.6. The zero-order valence-electron chi connectivity index (χ0n) is 15.4. The first kappa shape index (κ1) is 19.7. The van der Waals surface area contributed by atoms with Gasteiger partial charge in [0, 0.05) is 44.8 Å². The highest BCUT2D eigenvalue weighted by Crippen LogP contribution is 2.20. The molecule has 0 radical (unpaired) electrons. The summed E-state index contributed by atoms with van der Waals surface area (Å²) in [5.74, 6) is 0.0636. The Kier molecular flexibility index (Phi) is 6.84. The summed E-state index contributed by atoms with van der Waals surface area (Å²) < 4.78 is 25.2. The second-order valence-electron chi connectivity index (χ2n) is 6.62. The quantitative estimate of drug-likeness (QED) is 0.795. The lowest BCUT2D eigenvalue weighted by atomic mass is 9.97. The molecule has 0 bridgehead atoms. The molecule has 0 unspecified atom stereocenters. The van der Waals surface area contributed by atoms with Gasteiger partial charge < -0.3 is 10.2 Å². The van der Waals surface area contributed by atoms with Crippen LogP contribution in [0.1, 0.15) is 25.3 Å². The molecule has 1 aromatic rings. The molecule has 0 spiro atoms. The van der Waals surface area contributed by atoms with Crippen molar-refractivity contribution in [2.75, 3.05) is 43.9 Å². The van der Waals surface area contributed by atoms with Crippen LogP contribution in [0.25, 0.3) is 0 Å². The topological polar surface area (TPSA) is 69.7 Å². The molecule has 1 saturated heterocycles. The average Bonchev–Trinajstić information content (AvgIpc) is 2.62. The predicted octanol–water partition coefficient (Wildman–Crippen LogP) is 1.61. The number of nitrogens with zero attached hydrogens (tertiary/aromatic N) is 2. The van der Waals surface area contributed by atoms with Crippen molar-refractivity contribution in [3.8, 4) is 0 Å². The smallest absolute Gasteiger partial charge is 0.223 e. The van der Waals surface area contributed by atoms with Crippen molar-refractivity contribution in [2.24, 2.45) is 5.92 Å². The largest absolute Gasteiger partial charge is 0.373 e. The maximum absolute atomic E-state index is 12.3. The van der Waals surface area contributed by atoms with Crippen LogP contribution in [0.2, 0.25) is 0 Å². The molecule has 1 aliphatic heterocycles. The van der Waals surface area contributed by atoms with Gasteiger partial charge in [0.25, 0.3) is 0 Å². The van der Waals surface area contributed by atoms with Gasteiger partial charge in [0.2, 0.25) is 15.9 Å². The standard InChI is InChI=1S/C18H29N3O3S/c1-4-25(23,24)21-12-9-16(10-13-21)18(22)19-11-14-20(3)17-7-5-15(2)6-8-17/h5-8,16H,4,9-14H2,1-3H3,(H,19,22). The van der Waals surface area contributed by atoms with E-state index in [2.05, 4.69) is 41.4 Å². The van der Waals surface area contributed by atoms with Crippen LogP contribution in [0.3, 0.4) is 0 Å². The molecule has 1 heterocycles. The summed E-state index contributed by atoms with van der Waals surface area (Å²) in [4.78, 5) is 14.4. The molecule has 6 nitrogen and oxygen atoms in total. The van der Waals surface area contributed by atoms with Gasteiger partial charge in [-0.2, -0.15) is 0 Å². The Morgan fingerprint density at radius 2 is 1.84 bits per heavy atom. The number of sulfonamides is 1. The Morgan fingerprint density at radius 3 is 2.40 bits per heavy atom. The van der Waals surface area contributed by atoms with Crippen LogP contribution in [0.4, 0.5) is 5.69 Å². The molecule has 1 aliphatic rings. The Hall–Kier alpha value is -1.60. The van der Waals surface area contributed by atoms with E-state index in [1.54, 1.807) is 6.92 Å². The Balaban J connectivity index is 1.73. The van der Waals surface area contributed by atoms with E-state index in [9.17, 15) is 13.2 Å². The third-order valence-electron chi connectivity index (χ3n) is 4.80. The molecule has 1 fully saturated rings. The van der Waals surface area contributed by atoms with Gasteiger partial charge in [-0.3, -0.25) is 4.79 Å². The van der Waals surface area contributed by atoms with Gasteiger partial charge in [0.05, 0.1) is 5.75 Å². The maximum atomic E-state index is 12.3. The molecule has 1 N–H and O–H groups in total. The van der Waals surface area contributed by atoms with E-state index in [0.717, 1.165) is 12.2 Å². The molecule has 1 amide bonds. The van der Waals surface area contributed by atoms with Gasteiger partial charge in [-0.05, 0) is 38.8 Å². The van der Waals surface area contributed by atoms with E-state index >= 15 is 0 Å². The molecule has 1 aromatic carbocycles. The van der Waals surface area contributed by atoms with Crippen LogP contribution in [-0.4, -0.2) is 57.6 Å². The number of rotatable bonds is 7. The first-order chi connectivity index (χ1) is 11.8. The fraction of sp³-hybridized carbons (Fsp3) is 0.611. The zero-order chi connectivity index (χ0) is 18.4. The summed E-state index contributed by atoms with van der Waals surface area (Å²) in [6.45, 7) is 5.91. The second kappa shape index (κ2) is 8.67. The summed E-state index contributed by atoms with van der Waals surface area (Å²) in [6.07, 6.45) is 1.19. The number of hydrogen-bond donors (Lipinski definition) is 1. The van der Waals surface area contributed by atoms with E-state index in [1.165, 1.54) is 9.87 Å². The van der Waals surface area contributed by atoms with Gasteiger partial charge in [0.1, 0.15) is 0 Å². The maximum Gasteiger partial charge on any atom is 0.223 e. The molecule has 0 atom stereocenters. The fourth-order valence-corrected chi connectivity index (χ4v) is 4.13. The fourth-order valence-electron chi connectivity index (χ4n) is 3.00. The van der Waals surface area contributed by atoms with E-state index in [0.29, 0.717) is 32.5 Å². The summed E-state index contributed by atoms with van der Waals surface area (Å²) in [5, 5.41) is 2.98. The number of piperidine rings is 1. The molecule has 140 valence electrons. The monoisotopic (exact) mass is 367 g/mol. The summed E-state index contributed by atoms with van der Waals surface area (Å²) >= 11 is 0. The lowest BCUT2D eigenvalue weighted by Crippen LogP contribution is -2.44. The van der Waals surface area contributed by atoms with Crippen molar-refractivity contribution in [3.05, 3.63) is 29.8 Å². The average molecular weight is 368 g/mol. The Labute approximate surface area is 151 Å².